The van der Waals surface area contributed by atoms with Crippen LogP contribution in [0.1, 0.15) is 17.3 Å². The Morgan fingerprint density at radius 2 is 1.60 bits per heavy atom. The molecule has 25 heavy (non-hydrogen) atoms. The van der Waals surface area contributed by atoms with Crippen molar-refractivity contribution in [1.29, 1.82) is 0 Å². The van der Waals surface area contributed by atoms with Gasteiger partial charge in [0.2, 0.25) is 5.91 Å². The fraction of sp³-hybridized carbons (Fsp3) is 0.0500. The summed E-state index contributed by atoms with van der Waals surface area (Å²) in [5.41, 5.74) is 3.59. The summed E-state index contributed by atoms with van der Waals surface area (Å²) in [7, 11) is 0. The van der Waals surface area contributed by atoms with Crippen molar-refractivity contribution in [3.8, 4) is 11.1 Å². The summed E-state index contributed by atoms with van der Waals surface area (Å²) in [4.78, 5) is 27.8. The normalized spacial score (nSPS) is 10.1. The number of benzene rings is 2. The fourth-order valence-electron chi connectivity index (χ4n) is 2.44. The standard InChI is InChI=1S/C20H17N3O2/c1-14(24)22-18-9-5-8-16(10-18)20(25)23-19-11-17(12-21-13-19)15-6-3-2-4-7-15/h2-13H,1H3,(H,22,24)(H,23,25). The Labute approximate surface area is 145 Å². The van der Waals surface area contributed by atoms with Gasteiger partial charge in [0.1, 0.15) is 0 Å². The number of hydrogen-bond donors (Lipinski definition) is 2. The average Bonchev–Trinajstić information content (AvgIpc) is 2.62. The Bertz CT molecular complexity index is 908. The summed E-state index contributed by atoms with van der Waals surface area (Å²) < 4.78 is 0. The van der Waals surface area contributed by atoms with Crippen molar-refractivity contribution in [2.75, 3.05) is 10.6 Å². The Kier molecular flexibility index (Phi) is 4.85. The number of nitrogens with zero attached hydrogens (tertiary/aromatic N) is 1. The van der Waals surface area contributed by atoms with Gasteiger partial charge < -0.3 is 10.6 Å². The van der Waals surface area contributed by atoms with Gasteiger partial charge in [-0.05, 0) is 29.8 Å². The van der Waals surface area contributed by atoms with Crippen molar-refractivity contribution in [2.24, 2.45) is 0 Å². The lowest BCUT2D eigenvalue weighted by atomic mass is 10.1. The Morgan fingerprint density at radius 3 is 2.36 bits per heavy atom. The van der Waals surface area contributed by atoms with Crippen molar-refractivity contribution in [1.82, 2.24) is 4.98 Å². The molecule has 0 aliphatic heterocycles. The number of carbonyl (C=O) groups excluding carboxylic acids is 2. The third kappa shape index (κ3) is 4.29. The number of nitrogens with one attached hydrogen (secondary N) is 2. The molecule has 1 heterocycles. The van der Waals surface area contributed by atoms with Crippen LogP contribution in [0, 0.1) is 0 Å². The van der Waals surface area contributed by atoms with E-state index in [9.17, 15) is 9.59 Å². The maximum atomic E-state index is 12.4. The number of aromatic nitrogens is 1. The highest BCUT2D eigenvalue weighted by Crippen LogP contribution is 2.21. The highest BCUT2D eigenvalue weighted by molar-refractivity contribution is 6.05. The number of carbonyl (C=O) groups is 2. The second kappa shape index (κ2) is 7.40. The Balaban J connectivity index is 1.78. The first-order valence-corrected chi connectivity index (χ1v) is 7.81. The van der Waals surface area contributed by atoms with E-state index < -0.39 is 0 Å². The molecule has 0 aliphatic rings. The molecule has 0 saturated carbocycles. The van der Waals surface area contributed by atoms with Crippen molar-refractivity contribution < 1.29 is 9.59 Å². The van der Waals surface area contributed by atoms with Gasteiger partial charge in [0.25, 0.3) is 5.91 Å². The van der Waals surface area contributed by atoms with E-state index in [4.69, 9.17) is 0 Å². The largest absolute Gasteiger partial charge is 0.326 e. The van der Waals surface area contributed by atoms with Gasteiger partial charge in [0, 0.05) is 29.9 Å². The van der Waals surface area contributed by atoms with E-state index in [1.165, 1.54) is 6.92 Å². The van der Waals surface area contributed by atoms with Crippen LogP contribution < -0.4 is 10.6 Å². The van der Waals surface area contributed by atoms with Gasteiger partial charge in [-0.15, -0.1) is 0 Å². The molecule has 0 fully saturated rings. The van der Waals surface area contributed by atoms with E-state index in [1.54, 1.807) is 36.7 Å². The van der Waals surface area contributed by atoms with Crippen LogP contribution in [0.15, 0.2) is 73.1 Å². The minimum atomic E-state index is -0.265. The molecule has 3 aromatic rings. The SMILES string of the molecule is CC(=O)Nc1cccc(C(=O)Nc2cncc(-c3ccccc3)c2)c1. The molecule has 0 aliphatic carbocycles. The molecule has 124 valence electrons. The average molecular weight is 331 g/mol. The molecule has 2 amide bonds. The fourth-order valence-corrected chi connectivity index (χ4v) is 2.44. The van der Waals surface area contributed by atoms with Gasteiger partial charge in [0.15, 0.2) is 0 Å². The van der Waals surface area contributed by atoms with E-state index in [0.717, 1.165) is 11.1 Å². The second-order valence-electron chi connectivity index (χ2n) is 5.54. The van der Waals surface area contributed by atoms with Crippen molar-refractivity contribution in [3.05, 3.63) is 78.6 Å². The summed E-state index contributed by atoms with van der Waals surface area (Å²) in [6.45, 7) is 1.42. The molecule has 1 aromatic heterocycles. The van der Waals surface area contributed by atoms with Gasteiger partial charge in [-0.25, -0.2) is 0 Å². The third-order valence-electron chi connectivity index (χ3n) is 3.55. The molecule has 0 radical (unpaired) electrons. The summed E-state index contributed by atoms with van der Waals surface area (Å²) >= 11 is 0. The van der Waals surface area contributed by atoms with Crippen LogP contribution in [0.25, 0.3) is 11.1 Å². The van der Waals surface area contributed by atoms with Gasteiger partial charge in [-0.1, -0.05) is 36.4 Å². The first-order chi connectivity index (χ1) is 12.1. The molecular formula is C20H17N3O2. The van der Waals surface area contributed by atoms with Crippen molar-refractivity contribution >= 4 is 23.2 Å². The number of anilines is 2. The van der Waals surface area contributed by atoms with Crippen LogP contribution >= 0.6 is 0 Å². The first-order valence-electron chi connectivity index (χ1n) is 7.81. The summed E-state index contributed by atoms with van der Waals surface area (Å²) in [6.07, 6.45) is 3.35. The lowest BCUT2D eigenvalue weighted by Gasteiger charge is -2.08. The molecule has 0 bridgehead atoms. The predicted molar refractivity (Wildman–Crippen MR) is 98.4 cm³/mol. The van der Waals surface area contributed by atoms with Crippen LogP contribution in [0.2, 0.25) is 0 Å². The topological polar surface area (TPSA) is 71.1 Å². The Hall–Kier alpha value is -3.47. The van der Waals surface area contributed by atoms with Crippen LogP contribution in [-0.2, 0) is 4.79 Å². The number of amides is 2. The third-order valence-corrected chi connectivity index (χ3v) is 3.55. The summed E-state index contributed by atoms with van der Waals surface area (Å²) in [5, 5.41) is 5.50. The van der Waals surface area contributed by atoms with Crippen molar-refractivity contribution in [2.45, 2.75) is 6.92 Å². The molecule has 0 unspecified atom stereocenters. The van der Waals surface area contributed by atoms with Crippen LogP contribution in [0.4, 0.5) is 11.4 Å². The van der Waals surface area contributed by atoms with Gasteiger partial charge in [-0.3, -0.25) is 14.6 Å². The Morgan fingerprint density at radius 1 is 0.800 bits per heavy atom. The number of pyridine rings is 1. The molecular weight excluding hydrogens is 314 g/mol. The van der Waals surface area contributed by atoms with Crippen LogP contribution in [-0.4, -0.2) is 16.8 Å². The molecule has 0 saturated heterocycles. The second-order valence-corrected chi connectivity index (χ2v) is 5.54. The van der Waals surface area contributed by atoms with E-state index in [-0.39, 0.29) is 11.8 Å². The van der Waals surface area contributed by atoms with Gasteiger partial charge in [-0.2, -0.15) is 0 Å². The van der Waals surface area contributed by atoms with Gasteiger partial charge in [0.05, 0.1) is 11.9 Å². The lowest BCUT2D eigenvalue weighted by Crippen LogP contribution is -2.13. The molecule has 2 aromatic carbocycles. The monoisotopic (exact) mass is 331 g/mol. The van der Waals surface area contributed by atoms with E-state index in [1.807, 2.05) is 36.4 Å². The molecule has 3 rings (SSSR count). The maximum absolute atomic E-state index is 12.4. The minimum Gasteiger partial charge on any atom is -0.326 e. The zero-order valence-corrected chi connectivity index (χ0v) is 13.7. The van der Waals surface area contributed by atoms with E-state index >= 15 is 0 Å². The van der Waals surface area contributed by atoms with E-state index in [2.05, 4.69) is 15.6 Å². The smallest absolute Gasteiger partial charge is 0.255 e. The van der Waals surface area contributed by atoms with Crippen LogP contribution in [0.3, 0.4) is 0 Å². The van der Waals surface area contributed by atoms with Crippen LogP contribution in [0.5, 0.6) is 0 Å². The minimum absolute atomic E-state index is 0.183. The predicted octanol–water partition coefficient (Wildman–Crippen LogP) is 3.96. The maximum Gasteiger partial charge on any atom is 0.255 e. The molecule has 5 heteroatoms. The quantitative estimate of drug-likeness (QED) is 0.760. The van der Waals surface area contributed by atoms with E-state index in [0.29, 0.717) is 16.9 Å². The summed E-state index contributed by atoms with van der Waals surface area (Å²) in [6, 6.07) is 18.5. The molecule has 0 spiro atoms. The summed E-state index contributed by atoms with van der Waals surface area (Å²) in [5.74, 6) is -0.448. The van der Waals surface area contributed by atoms with Crippen molar-refractivity contribution in [3.63, 3.8) is 0 Å². The lowest BCUT2D eigenvalue weighted by molar-refractivity contribution is -0.114. The number of rotatable bonds is 4. The zero-order valence-electron chi connectivity index (χ0n) is 13.7. The van der Waals surface area contributed by atoms with Gasteiger partial charge >= 0.3 is 0 Å². The molecule has 0 atom stereocenters. The molecule has 2 N–H and O–H groups in total. The highest BCUT2D eigenvalue weighted by Gasteiger charge is 2.08. The zero-order chi connectivity index (χ0) is 17.6. The highest BCUT2D eigenvalue weighted by atomic mass is 16.2. The first kappa shape index (κ1) is 16.4. The number of hydrogen-bond acceptors (Lipinski definition) is 3. The molecule has 5 nitrogen and oxygen atoms in total.